The summed E-state index contributed by atoms with van der Waals surface area (Å²) in [5, 5.41) is 14.2. The highest BCUT2D eigenvalue weighted by Gasteiger charge is 2.33. The van der Waals surface area contributed by atoms with Gasteiger partial charge in [-0.05, 0) is 37.0 Å². The van der Waals surface area contributed by atoms with Crippen LogP contribution >= 0.6 is 0 Å². The van der Waals surface area contributed by atoms with Gasteiger partial charge in [-0.2, -0.15) is 4.98 Å². The molecule has 128 valence electrons. The van der Waals surface area contributed by atoms with Gasteiger partial charge < -0.3 is 9.63 Å². The largest absolute Gasteiger partial charge is 0.392 e. The van der Waals surface area contributed by atoms with E-state index in [0.717, 1.165) is 24.2 Å². The van der Waals surface area contributed by atoms with Crippen LogP contribution in [-0.4, -0.2) is 32.8 Å². The molecule has 2 atom stereocenters. The molecule has 1 aromatic carbocycles. The van der Waals surface area contributed by atoms with Crippen LogP contribution in [0.3, 0.4) is 0 Å². The van der Waals surface area contributed by atoms with Crippen molar-refractivity contribution in [3.8, 4) is 0 Å². The molecule has 6 heteroatoms. The number of hydrogen-bond acceptors (Lipinski definition) is 5. The van der Waals surface area contributed by atoms with Crippen LogP contribution in [0.15, 0.2) is 28.8 Å². The van der Waals surface area contributed by atoms with Crippen LogP contribution in [0.25, 0.3) is 0 Å². The standard InChI is InChI=1S/C18H22FN3O2/c19-14-7-5-12(6-8-14)16-9-15(23)10-22(16)11-17-20-18(21-24-17)13-3-1-2-4-13/h5-8,13,15-16,23H,1-4,9-11H2. The normalized spacial score (nSPS) is 25.6. The predicted octanol–water partition coefficient (Wildman–Crippen LogP) is 3.17. The third kappa shape index (κ3) is 3.21. The van der Waals surface area contributed by atoms with Gasteiger partial charge in [-0.1, -0.05) is 30.1 Å². The monoisotopic (exact) mass is 331 g/mol. The van der Waals surface area contributed by atoms with Gasteiger partial charge in [0.15, 0.2) is 5.82 Å². The molecule has 4 rings (SSSR count). The molecule has 0 radical (unpaired) electrons. The molecule has 1 aliphatic heterocycles. The lowest BCUT2D eigenvalue weighted by atomic mass is 10.0. The molecule has 1 saturated carbocycles. The molecule has 1 aliphatic carbocycles. The minimum atomic E-state index is -0.391. The number of likely N-dealkylation sites (tertiary alicyclic amines) is 1. The van der Waals surface area contributed by atoms with Crippen LogP contribution < -0.4 is 0 Å². The van der Waals surface area contributed by atoms with Gasteiger partial charge in [0.1, 0.15) is 5.82 Å². The zero-order valence-corrected chi connectivity index (χ0v) is 13.6. The van der Waals surface area contributed by atoms with E-state index >= 15 is 0 Å². The quantitative estimate of drug-likeness (QED) is 0.932. The Hall–Kier alpha value is -1.79. The number of hydrogen-bond donors (Lipinski definition) is 1. The van der Waals surface area contributed by atoms with Crippen molar-refractivity contribution in [2.24, 2.45) is 0 Å². The van der Waals surface area contributed by atoms with E-state index in [4.69, 9.17) is 4.52 Å². The maximum Gasteiger partial charge on any atom is 0.240 e. The van der Waals surface area contributed by atoms with Gasteiger partial charge in [0.05, 0.1) is 12.6 Å². The molecule has 2 fully saturated rings. The second-order valence-corrected chi connectivity index (χ2v) is 6.91. The van der Waals surface area contributed by atoms with Crippen molar-refractivity contribution < 1.29 is 14.0 Å². The molecule has 1 saturated heterocycles. The molecule has 24 heavy (non-hydrogen) atoms. The van der Waals surface area contributed by atoms with Crippen molar-refractivity contribution in [1.29, 1.82) is 0 Å². The highest BCUT2D eigenvalue weighted by molar-refractivity contribution is 5.21. The van der Waals surface area contributed by atoms with Crippen molar-refractivity contribution in [3.05, 3.63) is 47.4 Å². The smallest absolute Gasteiger partial charge is 0.240 e. The number of benzene rings is 1. The Morgan fingerprint density at radius 2 is 1.96 bits per heavy atom. The van der Waals surface area contributed by atoms with Gasteiger partial charge in [-0.15, -0.1) is 0 Å². The molecule has 2 aromatic rings. The van der Waals surface area contributed by atoms with Crippen molar-refractivity contribution in [2.75, 3.05) is 6.54 Å². The molecule has 1 aromatic heterocycles. The van der Waals surface area contributed by atoms with Crippen molar-refractivity contribution in [3.63, 3.8) is 0 Å². The summed E-state index contributed by atoms with van der Waals surface area (Å²) in [6, 6.07) is 6.53. The summed E-state index contributed by atoms with van der Waals surface area (Å²) in [5.74, 6) is 1.60. The van der Waals surface area contributed by atoms with E-state index < -0.39 is 6.10 Å². The van der Waals surface area contributed by atoms with E-state index in [2.05, 4.69) is 15.0 Å². The number of aromatic nitrogens is 2. The zero-order chi connectivity index (χ0) is 16.5. The Bertz CT molecular complexity index is 682. The summed E-state index contributed by atoms with van der Waals surface area (Å²) in [7, 11) is 0. The lowest BCUT2D eigenvalue weighted by Gasteiger charge is -2.22. The molecule has 0 bridgehead atoms. The summed E-state index contributed by atoms with van der Waals surface area (Å²) in [4.78, 5) is 6.69. The van der Waals surface area contributed by atoms with Crippen molar-refractivity contribution in [2.45, 2.75) is 56.7 Å². The Kier molecular flexibility index (Phi) is 4.33. The molecule has 5 nitrogen and oxygen atoms in total. The molecular formula is C18H22FN3O2. The van der Waals surface area contributed by atoms with Crippen LogP contribution in [0.5, 0.6) is 0 Å². The summed E-state index contributed by atoms with van der Waals surface area (Å²) in [5.41, 5.74) is 1.00. The van der Waals surface area contributed by atoms with E-state index in [-0.39, 0.29) is 11.9 Å². The first kappa shape index (κ1) is 15.7. The fourth-order valence-corrected chi connectivity index (χ4v) is 3.94. The van der Waals surface area contributed by atoms with Gasteiger partial charge in [0, 0.05) is 18.5 Å². The molecule has 1 N–H and O–H groups in total. The van der Waals surface area contributed by atoms with Crippen LogP contribution in [0.2, 0.25) is 0 Å². The average molecular weight is 331 g/mol. The number of β-amino-alcohol motifs (C(OH)–C–C–N with tert-alkyl or cyclic N) is 1. The Balaban J connectivity index is 1.48. The average Bonchev–Trinajstić information content (AvgIpc) is 3.29. The molecule has 0 spiro atoms. The molecule has 0 amide bonds. The van der Waals surface area contributed by atoms with E-state index in [0.29, 0.717) is 31.3 Å². The molecular weight excluding hydrogens is 309 g/mol. The van der Waals surface area contributed by atoms with E-state index in [1.165, 1.54) is 25.0 Å². The van der Waals surface area contributed by atoms with Gasteiger partial charge in [0.2, 0.25) is 5.89 Å². The van der Waals surface area contributed by atoms with Crippen LogP contribution in [0.1, 0.15) is 61.3 Å². The summed E-state index contributed by atoms with van der Waals surface area (Å²) in [6.45, 7) is 1.07. The lowest BCUT2D eigenvalue weighted by Crippen LogP contribution is -2.24. The SMILES string of the molecule is OC1CC(c2ccc(F)cc2)N(Cc2nc(C3CCCC3)no2)C1. The summed E-state index contributed by atoms with van der Waals surface area (Å²) in [6.07, 6.45) is 4.99. The number of aliphatic hydroxyl groups is 1. The van der Waals surface area contributed by atoms with Crippen LogP contribution in [-0.2, 0) is 6.54 Å². The summed E-state index contributed by atoms with van der Waals surface area (Å²) >= 11 is 0. The highest BCUT2D eigenvalue weighted by Crippen LogP contribution is 2.35. The van der Waals surface area contributed by atoms with E-state index in [1.54, 1.807) is 12.1 Å². The van der Waals surface area contributed by atoms with E-state index in [1.807, 2.05) is 0 Å². The second kappa shape index (κ2) is 6.61. The number of aliphatic hydroxyl groups excluding tert-OH is 1. The second-order valence-electron chi connectivity index (χ2n) is 6.91. The van der Waals surface area contributed by atoms with Crippen LogP contribution in [0.4, 0.5) is 4.39 Å². The molecule has 2 unspecified atom stereocenters. The van der Waals surface area contributed by atoms with E-state index in [9.17, 15) is 9.50 Å². The number of nitrogens with zero attached hydrogens (tertiary/aromatic N) is 3. The Labute approximate surface area is 140 Å². The Morgan fingerprint density at radius 3 is 2.71 bits per heavy atom. The first-order valence-corrected chi connectivity index (χ1v) is 8.69. The van der Waals surface area contributed by atoms with Crippen LogP contribution in [0, 0.1) is 5.82 Å². The third-order valence-electron chi connectivity index (χ3n) is 5.18. The maximum absolute atomic E-state index is 13.1. The highest BCUT2D eigenvalue weighted by atomic mass is 19.1. The third-order valence-corrected chi connectivity index (χ3v) is 5.18. The fourth-order valence-electron chi connectivity index (χ4n) is 3.94. The predicted molar refractivity (Wildman–Crippen MR) is 85.7 cm³/mol. The maximum atomic E-state index is 13.1. The number of rotatable bonds is 4. The van der Waals surface area contributed by atoms with Gasteiger partial charge in [0.25, 0.3) is 0 Å². The molecule has 2 heterocycles. The first-order chi connectivity index (χ1) is 11.7. The number of halogens is 1. The lowest BCUT2D eigenvalue weighted by molar-refractivity contribution is 0.164. The van der Waals surface area contributed by atoms with Crippen molar-refractivity contribution >= 4 is 0 Å². The topological polar surface area (TPSA) is 62.4 Å². The fraction of sp³-hybridized carbons (Fsp3) is 0.556. The van der Waals surface area contributed by atoms with Gasteiger partial charge in [-0.3, -0.25) is 4.90 Å². The minimum absolute atomic E-state index is 0.0439. The van der Waals surface area contributed by atoms with Gasteiger partial charge in [-0.25, -0.2) is 4.39 Å². The van der Waals surface area contributed by atoms with Gasteiger partial charge >= 0.3 is 0 Å². The summed E-state index contributed by atoms with van der Waals surface area (Å²) < 4.78 is 18.6. The molecule has 2 aliphatic rings. The first-order valence-electron chi connectivity index (χ1n) is 8.69. The van der Waals surface area contributed by atoms with Crippen molar-refractivity contribution in [1.82, 2.24) is 15.0 Å². The minimum Gasteiger partial charge on any atom is -0.392 e. The Morgan fingerprint density at radius 1 is 1.21 bits per heavy atom. The zero-order valence-electron chi connectivity index (χ0n) is 13.6.